The van der Waals surface area contributed by atoms with E-state index in [4.69, 9.17) is 16.3 Å². The monoisotopic (exact) mass is 318 g/mol. The molecule has 0 aromatic heterocycles. The summed E-state index contributed by atoms with van der Waals surface area (Å²) in [5.41, 5.74) is 8.46. The molecule has 0 amide bonds. The maximum Gasteiger partial charge on any atom is 0.124 e. The van der Waals surface area contributed by atoms with Gasteiger partial charge in [-0.1, -0.05) is 29.8 Å². The first kappa shape index (κ1) is 15.2. The van der Waals surface area contributed by atoms with Crippen LogP contribution in [0.25, 0.3) is 0 Å². The summed E-state index contributed by atoms with van der Waals surface area (Å²) < 4.78 is 5.42. The van der Waals surface area contributed by atoms with E-state index in [-0.39, 0.29) is 17.7 Å². The van der Waals surface area contributed by atoms with Gasteiger partial charge >= 0.3 is 0 Å². The Morgan fingerprint density at radius 2 is 2.00 bits per heavy atom. The van der Waals surface area contributed by atoms with Crippen LogP contribution in [-0.2, 0) is 0 Å². The first-order valence-corrected chi connectivity index (χ1v) is 7.76. The largest absolute Gasteiger partial charge is 0.507 e. The van der Waals surface area contributed by atoms with Crippen molar-refractivity contribution < 1.29 is 9.84 Å². The maximum absolute atomic E-state index is 10.3. The topological polar surface area (TPSA) is 53.5 Å². The molecule has 1 aliphatic heterocycles. The van der Waals surface area contributed by atoms with Crippen LogP contribution in [0.1, 0.15) is 30.0 Å². The molecule has 3 rings (SSSR count). The predicted molar refractivity (Wildman–Crippen MR) is 87.3 cm³/mol. The summed E-state index contributed by atoms with van der Waals surface area (Å²) >= 11 is 5.96. The highest BCUT2D eigenvalue weighted by Gasteiger charge is 2.31. The molecule has 0 saturated carbocycles. The molecule has 1 fully saturated rings. The van der Waals surface area contributed by atoms with Crippen molar-refractivity contribution in [3.8, 4) is 11.5 Å². The summed E-state index contributed by atoms with van der Waals surface area (Å²) in [5.74, 6) is 1.14. The van der Waals surface area contributed by atoms with Crippen molar-refractivity contribution in [2.75, 3.05) is 13.2 Å². The number of nitrogens with one attached hydrogen (secondary N) is 2. The van der Waals surface area contributed by atoms with E-state index in [9.17, 15) is 5.11 Å². The van der Waals surface area contributed by atoms with Crippen molar-refractivity contribution in [1.29, 1.82) is 0 Å². The third-order valence-corrected chi connectivity index (χ3v) is 4.18. The van der Waals surface area contributed by atoms with Gasteiger partial charge in [-0.15, -0.1) is 0 Å². The van der Waals surface area contributed by atoms with Crippen molar-refractivity contribution in [3.63, 3.8) is 0 Å². The number of halogens is 1. The molecule has 2 aromatic carbocycles. The Morgan fingerprint density at radius 3 is 2.68 bits per heavy atom. The van der Waals surface area contributed by atoms with E-state index < -0.39 is 0 Å². The van der Waals surface area contributed by atoms with E-state index in [0.29, 0.717) is 12.4 Å². The zero-order valence-electron chi connectivity index (χ0n) is 12.3. The molecule has 0 radical (unpaired) electrons. The summed E-state index contributed by atoms with van der Waals surface area (Å²) in [7, 11) is 0. The summed E-state index contributed by atoms with van der Waals surface area (Å²) in [4.78, 5) is 0. The quantitative estimate of drug-likeness (QED) is 0.809. The predicted octanol–water partition coefficient (Wildman–Crippen LogP) is 3.38. The Balaban J connectivity index is 1.88. The fourth-order valence-electron chi connectivity index (χ4n) is 2.85. The second-order valence-corrected chi connectivity index (χ2v) is 5.75. The van der Waals surface area contributed by atoms with Gasteiger partial charge in [0, 0.05) is 29.1 Å². The smallest absolute Gasteiger partial charge is 0.124 e. The number of phenolic OH excluding ortho intramolecular Hbond substituents is 1. The van der Waals surface area contributed by atoms with Crippen LogP contribution in [0.4, 0.5) is 0 Å². The number of hydrazine groups is 1. The van der Waals surface area contributed by atoms with Crippen LogP contribution >= 0.6 is 11.6 Å². The zero-order chi connectivity index (χ0) is 15.5. The summed E-state index contributed by atoms with van der Waals surface area (Å²) in [6.07, 6.45) is 0. The molecular weight excluding hydrogens is 300 g/mol. The molecule has 2 atom stereocenters. The van der Waals surface area contributed by atoms with Gasteiger partial charge < -0.3 is 9.84 Å². The Bertz CT molecular complexity index is 646. The fraction of sp³-hybridized carbons (Fsp3) is 0.294. The number of hydrogen-bond donors (Lipinski definition) is 3. The van der Waals surface area contributed by atoms with Gasteiger partial charge in [-0.25, -0.2) is 5.43 Å². The van der Waals surface area contributed by atoms with E-state index in [2.05, 4.69) is 10.9 Å². The number of benzene rings is 2. The molecule has 0 bridgehead atoms. The first-order valence-electron chi connectivity index (χ1n) is 7.38. The Labute approximate surface area is 135 Å². The minimum absolute atomic E-state index is 0.00291. The van der Waals surface area contributed by atoms with Gasteiger partial charge in [0.05, 0.1) is 12.6 Å². The second kappa shape index (κ2) is 6.57. The minimum atomic E-state index is -0.00291. The maximum atomic E-state index is 10.3. The molecule has 0 aliphatic carbocycles. The van der Waals surface area contributed by atoms with Crippen molar-refractivity contribution in [1.82, 2.24) is 10.9 Å². The summed E-state index contributed by atoms with van der Waals surface area (Å²) in [5, 5.41) is 11.0. The molecule has 2 unspecified atom stereocenters. The number of rotatable bonds is 4. The normalized spacial score (nSPS) is 21.0. The van der Waals surface area contributed by atoms with Crippen LogP contribution in [0.5, 0.6) is 11.5 Å². The second-order valence-electron chi connectivity index (χ2n) is 5.31. The van der Waals surface area contributed by atoms with Crippen LogP contribution < -0.4 is 15.6 Å². The average Bonchev–Trinajstić information content (AvgIpc) is 2.98. The molecule has 4 nitrogen and oxygen atoms in total. The lowest BCUT2D eigenvalue weighted by atomic mass is 9.88. The van der Waals surface area contributed by atoms with Crippen molar-refractivity contribution >= 4 is 11.6 Å². The van der Waals surface area contributed by atoms with Crippen molar-refractivity contribution in [3.05, 3.63) is 58.6 Å². The highest BCUT2D eigenvalue weighted by atomic mass is 35.5. The molecule has 3 N–H and O–H groups in total. The Morgan fingerprint density at radius 1 is 1.23 bits per heavy atom. The molecule has 116 valence electrons. The number of hydrogen-bond acceptors (Lipinski definition) is 4. The highest BCUT2D eigenvalue weighted by molar-refractivity contribution is 6.30. The Hall–Kier alpha value is -1.75. The fourth-order valence-corrected chi connectivity index (χ4v) is 2.98. The average molecular weight is 319 g/mol. The first-order chi connectivity index (χ1) is 10.7. The van der Waals surface area contributed by atoms with Gasteiger partial charge in [-0.3, -0.25) is 5.43 Å². The number of ether oxygens (including phenoxy) is 1. The van der Waals surface area contributed by atoms with Gasteiger partial charge in [-0.05, 0) is 30.7 Å². The lowest BCUT2D eigenvalue weighted by molar-refractivity contribution is 0.336. The third-order valence-electron chi connectivity index (χ3n) is 3.93. The summed E-state index contributed by atoms with van der Waals surface area (Å²) in [6.45, 7) is 3.29. The van der Waals surface area contributed by atoms with E-state index in [1.165, 1.54) is 5.56 Å². The summed E-state index contributed by atoms with van der Waals surface area (Å²) in [6, 6.07) is 13.3. The SMILES string of the molecule is CCOc1ccc(C2NNCC2c2ccc(Cl)cc2)c(O)c1. The van der Waals surface area contributed by atoms with E-state index in [1.807, 2.05) is 43.3 Å². The van der Waals surface area contributed by atoms with Gasteiger partial charge in [0.15, 0.2) is 0 Å². The third kappa shape index (κ3) is 3.04. The van der Waals surface area contributed by atoms with E-state index >= 15 is 0 Å². The number of phenols is 1. The molecule has 0 spiro atoms. The lowest BCUT2D eigenvalue weighted by Crippen LogP contribution is -2.25. The molecule has 2 aromatic rings. The standard InChI is InChI=1S/C17H19ClN2O2/c1-2-22-13-7-8-14(16(21)9-13)17-15(10-19-20-17)11-3-5-12(18)6-4-11/h3-9,15,17,19-21H,2,10H2,1H3. The van der Waals surface area contributed by atoms with Crippen molar-refractivity contribution in [2.45, 2.75) is 18.9 Å². The highest BCUT2D eigenvalue weighted by Crippen LogP contribution is 2.38. The molecule has 1 saturated heterocycles. The van der Waals surface area contributed by atoms with Gasteiger partial charge in [0.2, 0.25) is 0 Å². The molecule has 5 heteroatoms. The zero-order valence-corrected chi connectivity index (χ0v) is 13.1. The molecule has 1 aliphatic rings. The van der Waals surface area contributed by atoms with Crippen LogP contribution in [-0.4, -0.2) is 18.3 Å². The Kier molecular flexibility index (Phi) is 4.52. The van der Waals surface area contributed by atoms with Crippen LogP contribution in [0, 0.1) is 0 Å². The van der Waals surface area contributed by atoms with Crippen molar-refractivity contribution in [2.24, 2.45) is 0 Å². The molecular formula is C17H19ClN2O2. The molecule has 22 heavy (non-hydrogen) atoms. The van der Waals surface area contributed by atoms with Crippen LogP contribution in [0.15, 0.2) is 42.5 Å². The van der Waals surface area contributed by atoms with Gasteiger partial charge in [0.25, 0.3) is 0 Å². The minimum Gasteiger partial charge on any atom is -0.507 e. The van der Waals surface area contributed by atoms with E-state index in [1.54, 1.807) is 6.07 Å². The van der Waals surface area contributed by atoms with E-state index in [0.717, 1.165) is 17.1 Å². The van der Waals surface area contributed by atoms with Gasteiger partial charge in [0.1, 0.15) is 11.5 Å². The number of aromatic hydroxyl groups is 1. The van der Waals surface area contributed by atoms with Crippen LogP contribution in [0.3, 0.4) is 0 Å². The van der Waals surface area contributed by atoms with Crippen LogP contribution in [0.2, 0.25) is 5.02 Å². The lowest BCUT2D eigenvalue weighted by Gasteiger charge is -2.20. The van der Waals surface area contributed by atoms with Gasteiger partial charge in [-0.2, -0.15) is 0 Å². The molecule has 1 heterocycles.